The van der Waals surface area contributed by atoms with E-state index < -0.39 is 14.8 Å². The van der Waals surface area contributed by atoms with Gasteiger partial charge in [0, 0.05) is 30.6 Å². The molecule has 19 heavy (non-hydrogen) atoms. The second-order valence-corrected chi connectivity index (χ2v) is 6.22. The summed E-state index contributed by atoms with van der Waals surface area (Å²) in [7, 11) is -3.07. The molecule has 0 unspecified atom stereocenters. The molecule has 8 heteroatoms. The molecule has 1 aromatic carbocycles. The Balaban J connectivity index is 2.84. The van der Waals surface area contributed by atoms with E-state index in [-0.39, 0.29) is 18.0 Å². The zero-order chi connectivity index (χ0) is 14.5. The highest BCUT2D eigenvalue weighted by Gasteiger charge is 2.11. The van der Waals surface area contributed by atoms with E-state index >= 15 is 0 Å². The van der Waals surface area contributed by atoms with Crippen LogP contribution in [0.15, 0.2) is 18.2 Å². The quantitative estimate of drug-likeness (QED) is 0.602. The Bertz CT molecular complexity index is 556. The van der Waals surface area contributed by atoms with Crippen molar-refractivity contribution < 1.29 is 18.1 Å². The van der Waals surface area contributed by atoms with Crippen LogP contribution in [-0.4, -0.2) is 38.5 Å². The van der Waals surface area contributed by atoms with E-state index in [0.29, 0.717) is 18.0 Å². The van der Waals surface area contributed by atoms with Gasteiger partial charge in [-0.3, -0.25) is 10.1 Å². The highest BCUT2D eigenvalue weighted by molar-refractivity contribution is 7.90. The van der Waals surface area contributed by atoms with Gasteiger partial charge in [0.05, 0.1) is 23.3 Å². The van der Waals surface area contributed by atoms with Crippen LogP contribution in [0.4, 0.5) is 11.4 Å². The highest BCUT2D eigenvalue weighted by atomic mass is 32.2. The first-order valence-corrected chi connectivity index (χ1v) is 7.72. The molecule has 0 saturated heterocycles. The van der Waals surface area contributed by atoms with Gasteiger partial charge in [-0.15, -0.1) is 0 Å². The smallest absolute Gasteiger partial charge is 0.275 e. The molecule has 0 bridgehead atoms. The van der Waals surface area contributed by atoms with Crippen LogP contribution >= 0.6 is 0 Å². The molecule has 0 aliphatic heterocycles. The summed E-state index contributed by atoms with van der Waals surface area (Å²) in [5, 5.41) is 13.6. The molecule has 106 valence electrons. The van der Waals surface area contributed by atoms with E-state index in [9.17, 15) is 18.5 Å². The maximum absolute atomic E-state index is 11.0. The van der Waals surface area contributed by atoms with Crippen LogP contribution in [-0.2, 0) is 9.84 Å². The van der Waals surface area contributed by atoms with Gasteiger partial charge in [0.25, 0.3) is 5.69 Å². The van der Waals surface area contributed by atoms with Crippen molar-refractivity contribution in [2.75, 3.05) is 30.5 Å². The third kappa shape index (κ3) is 5.56. The lowest BCUT2D eigenvalue weighted by molar-refractivity contribution is -0.384. The van der Waals surface area contributed by atoms with Crippen molar-refractivity contribution >= 4 is 21.2 Å². The predicted molar refractivity (Wildman–Crippen MR) is 72.5 cm³/mol. The summed E-state index contributed by atoms with van der Waals surface area (Å²) in [5.41, 5.74) is 0.356. The number of rotatable bonds is 7. The van der Waals surface area contributed by atoms with E-state index in [4.69, 9.17) is 4.74 Å². The molecule has 0 fully saturated rings. The average molecular weight is 288 g/mol. The van der Waals surface area contributed by atoms with Gasteiger partial charge >= 0.3 is 0 Å². The summed E-state index contributed by atoms with van der Waals surface area (Å²) >= 11 is 0. The number of non-ortho nitro benzene ring substituents is 1. The molecule has 0 heterocycles. The number of nitrogens with one attached hydrogen (secondary N) is 1. The van der Waals surface area contributed by atoms with Gasteiger partial charge in [-0.25, -0.2) is 8.42 Å². The molecule has 1 aromatic rings. The summed E-state index contributed by atoms with van der Waals surface area (Å²) in [6, 6.07) is 4.26. The van der Waals surface area contributed by atoms with Crippen LogP contribution in [0.5, 0.6) is 5.75 Å². The number of nitro groups is 1. The lowest BCUT2D eigenvalue weighted by Gasteiger charge is -2.08. The fourth-order valence-corrected chi connectivity index (χ4v) is 1.89. The second-order valence-electron chi connectivity index (χ2n) is 3.96. The first kappa shape index (κ1) is 15.2. The Kier molecular flexibility index (Phi) is 5.11. The summed E-state index contributed by atoms with van der Waals surface area (Å²) in [5.74, 6) is 0.332. The summed E-state index contributed by atoms with van der Waals surface area (Å²) in [6.07, 6.45) is 1.13. The van der Waals surface area contributed by atoms with Crippen molar-refractivity contribution in [2.24, 2.45) is 0 Å². The number of ether oxygens (including phenoxy) is 1. The van der Waals surface area contributed by atoms with E-state index in [1.165, 1.54) is 12.1 Å². The number of anilines is 1. The molecule has 0 amide bonds. The Hall–Kier alpha value is -1.83. The number of sulfone groups is 1. The monoisotopic (exact) mass is 288 g/mol. The van der Waals surface area contributed by atoms with Gasteiger partial charge in [-0.05, 0) is 6.92 Å². The van der Waals surface area contributed by atoms with Gasteiger partial charge in [-0.2, -0.15) is 0 Å². The fraction of sp³-hybridized carbons (Fsp3) is 0.455. The highest BCUT2D eigenvalue weighted by Crippen LogP contribution is 2.25. The van der Waals surface area contributed by atoms with Crippen LogP contribution in [0.2, 0.25) is 0 Å². The van der Waals surface area contributed by atoms with E-state index in [0.717, 1.165) is 6.26 Å². The molecule has 0 radical (unpaired) electrons. The molecular weight excluding hydrogens is 272 g/mol. The molecule has 1 N–H and O–H groups in total. The van der Waals surface area contributed by atoms with Crippen molar-refractivity contribution in [2.45, 2.75) is 6.92 Å². The van der Waals surface area contributed by atoms with Crippen molar-refractivity contribution in [1.82, 2.24) is 0 Å². The molecule has 0 aliphatic rings. The Labute approximate surface area is 111 Å². The predicted octanol–water partition coefficient (Wildman–Crippen LogP) is 1.45. The molecule has 1 rings (SSSR count). The van der Waals surface area contributed by atoms with E-state index in [1.807, 2.05) is 0 Å². The summed E-state index contributed by atoms with van der Waals surface area (Å²) in [4.78, 5) is 10.2. The SMILES string of the molecule is CCOc1cc(NCCS(C)(=O)=O)cc([N+](=O)[O-])c1. The van der Waals surface area contributed by atoms with Crippen molar-refractivity contribution in [3.8, 4) is 5.75 Å². The zero-order valence-electron chi connectivity index (χ0n) is 10.8. The van der Waals surface area contributed by atoms with E-state index in [2.05, 4.69) is 5.32 Å². The fourth-order valence-electron chi connectivity index (χ4n) is 1.42. The molecule has 0 aliphatic carbocycles. The summed E-state index contributed by atoms with van der Waals surface area (Å²) < 4.78 is 27.2. The molecule has 0 aromatic heterocycles. The lowest BCUT2D eigenvalue weighted by atomic mass is 10.2. The average Bonchev–Trinajstić information content (AvgIpc) is 2.27. The zero-order valence-corrected chi connectivity index (χ0v) is 11.6. The minimum atomic E-state index is -3.07. The minimum absolute atomic E-state index is 0.0420. The van der Waals surface area contributed by atoms with Crippen LogP contribution in [0.25, 0.3) is 0 Å². The Morgan fingerprint density at radius 3 is 2.58 bits per heavy atom. The Morgan fingerprint density at radius 2 is 2.05 bits per heavy atom. The maximum atomic E-state index is 11.0. The van der Waals surface area contributed by atoms with Crippen LogP contribution in [0.3, 0.4) is 0 Å². The topological polar surface area (TPSA) is 98.5 Å². The van der Waals surface area contributed by atoms with Crippen molar-refractivity contribution in [3.63, 3.8) is 0 Å². The maximum Gasteiger partial charge on any atom is 0.275 e. The first-order valence-electron chi connectivity index (χ1n) is 5.65. The third-order valence-electron chi connectivity index (χ3n) is 2.22. The van der Waals surface area contributed by atoms with Crippen LogP contribution in [0.1, 0.15) is 6.92 Å². The Morgan fingerprint density at radius 1 is 1.37 bits per heavy atom. The van der Waals surface area contributed by atoms with Crippen LogP contribution in [0, 0.1) is 10.1 Å². The van der Waals surface area contributed by atoms with Gasteiger partial charge in [0.1, 0.15) is 15.6 Å². The normalized spacial score (nSPS) is 11.1. The number of nitro benzene ring substituents is 1. The van der Waals surface area contributed by atoms with Gasteiger partial charge in [0.2, 0.25) is 0 Å². The van der Waals surface area contributed by atoms with Gasteiger partial charge in [-0.1, -0.05) is 0 Å². The minimum Gasteiger partial charge on any atom is -0.494 e. The molecule has 0 spiro atoms. The van der Waals surface area contributed by atoms with Crippen molar-refractivity contribution in [3.05, 3.63) is 28.3 Å². The van der Waals surface area contributed by atoms with Gasteiger partial charge < -0.3 is 10.1 Å². The number of hydrogen-bond donors (Lipinski definition) is 1. The lowest BCUT2D eigenvalue weighted by Crippen LogP contribution is -2.14. The van der Waals surface area contributed by atoms with Crippen LogP contribution < -0.4 is 10.1 Å². The first-order chi connectivity index (χ1) is 8.81. The molecule has 0 saturated carbocycles. The summed E-state index contributed by atoms with van der Waals surface area (Å²) in [6.45, 7) is 2.35. The van der Waals surface area contributed by atoms with Gasteiger partial charge in [0.15, 0.2) is 0 Å². The third-order valence-corrected chi connectivity index (χ3v) is 3.16. The molecule has 0 atom stereocenters. The molecular formula is C11H16N2O5S. The standard InChI is InChI=1S/C11H16N2O5S/c1-3-18-11-7-9(6-10(8-11)13(14)15)12-4-5-19(2,16)17/h6-8,12H,3-5H2,1-2H3. The largest absolute Gasteiger partial charge is 0.494 e. The number of nitrogens with zero attached hydrogens (tertiary/aromatic N) is 1. The number of hydrogen-bond acceptors (Lipinski definition) is 6. The number of benzene rings is 1. The second kappa shape index (κ2) is 6.37. The van der Waals surface area contributed by atoms with E-state index in [1.54, 1.807) is 13.0 Å². The molecule has 7 nitrogen and oxygen atoms in total. The van der Waals surface area contributed by atoms with Crippen molar-refractivity contribution in [1.29, 1.82) is 0 Å².